The standard InChI is InChI=1S/C8H7NO4/c10-5-2-1-4-8(5)6(13-9-4)3-7(11)12/h1-3H2,(H,11,12). The molecule has 0 aromatic carbocycles. The lowest BCUT2D eigenvalue weighted by Gasteiger charge is -1.91. The second kappa shape index (κ2) is 2.69. The Hall–Kier alpha value is -1.65. The molecule has 0 saturated heterocycles. The Morgan fingerprint density at radius 3 is 3.00 bits per heavy atom. The Kier molecular flexibility index (Phi) is 1.65. The van der Waals surface area contributed by atoms with Crippen LogP contribution in [0.25, 0.3) is 0 Å². The molecule has 1 N–H and O–H groups in total. The van der Waals surface area contributed by atoms with Crippen molar-refractivity contribution in [3.63, 3.8) is 0 Å². The number of aliphatic carboxylic acids is 1. The predicted octanol–water partition coefficient (Wildman–Crippen LogP) is 0.431. The van der Waals surface area contributed by atoms with Crippen LogP contribution >= 0.6 is 0 Å². The number of Topliss-reactive ketones (excluding diaryl/α,β-unsaturated/α-hetero) is 1. The number of nitrogens with zero attached hydrogens (tertiary/aromatic N) is 1. The average Bonchev–Trinajstić information content (AvgIpc) is 2.56. The number of rotatable bonds is 2. The molecule has 1 aromatic rings. The van der Waals surface area contributed by atoms with Crippen LogP contribution in [0.15, 0.2) is 4.52 Å². The third-order valence-electron chi connectivity index (χ3n) is 2.01. The van der Waals surface area contributed by atoms with E-state index in [2.05, 4.69) is 5.16 Å². The number of aromatic nitrogens is 1. The quantitative estimate of drug-likeness (QED) is 0.715. The Bertz CT molecular complexity index is 379. The van der Waals surface area contributed by atoms with Crippen LogP contribution in [0.1, 0.15) is 28.2 Å². The highest BCUT2D eigenvalue weighted by molar-refractivity contribution is 6.01. The second-order valence-electron chi connectivity index (χ2n) is 2.92. The molecule has 1 aliphatic carbocycles. The van der Waals surface area contributed by atoms with Crippen molar-refractivity contribution in [1.29, 1.82) is 0 Å². The molecule has 1 aromatic heterocycles. The van der Waals surface area contributed by atoms with E-state index in [1.165, 1.54) is 0 Å². The molecule has 0 fully saturated rings. The van der Waals surface area contributed by atoms with Gasteiger partial charge in [-0.15, -0.1) is 0 Å². The van der Waals surface area contributed by atoms with Gasteiger partial charge in [-0.2, -0.15) is 0 Å². The molecule has 0 spiro atoms. The highest BCUT2D eigenvalue weighted by atomic mass is 16.5. The van der Waals surface area contributed by atoms with Crippen molar-refractivity contribution in [1.82, 2.24) is 5.16 Å². The van der Waals surface area contributed by atoms with Gasteiger partial charge in [-0.25, -0.2) is 0 Å². The molecule has 0 amide bonds. The molecule has 0 unspecified atom stereocenters. The lowest BCUT2D eigenvalue weighted by molar-refractivity contribution is -0.136. The normalized spacial score (nSPS) is 14.6. The molecular weight excluding hydrogens is 174 g/mol. The van der Waals surface area contributed by atoms with Gasteiger partial charge >= 0.3 is 5.97 Å². The summed E-state index contributed by atoms with van der Waals surface area (Å²) in [6, 6.07) is 0. The van der Waals surface area contributed by atoms with E-state index < -0.39 is 5.97 Å². The maximum Gasteiger partial charge on any atom is 0.311 e. The van der Waals surface area contributed by atoms with E-state index in [0.717, 1.165) is 0 Å². The molecule has 0 radical (unpaired) electrons. The predicted molar refractivity (Wildman–Crippen MR) is 40.5 cm³/mol. The first-order valence-corrected chi connectivity index (χ1v) is 3.91. The zero-order valence-corrected chi connectivity index (χ0v) is 6.74. The molecule has 1 aliphatic rings. The van der Waals surface area contributed by atoms with Crippen LogP contribution in [0.3, 0.4) is 0 Å². The van der Waals surface area contributed by atoms with E-state index in [1.807, 2.05) is 0 Å². The number of ketones is 1. The number of carbonyl (C=O) groups is 2. The van der Waals surface area contributed by atoms with Crippen LogP contribution in [0.2, 0.25) is 0 Å². The van der Waals surface area contributed by atoms with Crippen molar-refractivity contribution in [2.75, 3.05) is 0 Å². The summed E-state index contributed by atoms with van der Waals surface area (Å²) in [5.41, 5.74) is 0.989. The Morgan fingerprint density at radius 1 is 1.54 bits per heavy atom. The molecule has 2 rings (SSSR count). The summed E-state index contributed by atoms with van der Waals surface area (Å²) in [6.07, 6.45) is 0.714. The zero-order valence-electron chi connectivity index (χ0n) is 6.74. The molecule has 68 valence electrons. The van der Waals surface area contributed by atoms with Crippen molar-refractivity contribution in [2.45, 2.75) is 19.3 Å². The van der Waals surface area contributed by atoms with E-state index in [4.69, 9.17) is 9.63 Å². The summed E-state index contributed by atoms with van der Waals surface area (Å²) in [6.45, 7) is 0. The molecule has 13 heavy (non-hydrogen) atoms. The fourth-order valence-corrected chi connectivity index (χ4v) is 1.46. The van der Waals surface area contributed by atoms with E-state index in [-0.39, 0.29) is 18.0 Å². The van der Waals surface area contributed by atoms with Gasteiger partial charge in [-0.05, 0) is 0 Å². The van der Waals surface area contributed by atoms with Gasteiger partial charge in [-0.1, -0.05) is 5.16 Å². The van der Waals surface area contributed by atoms with Gasteiger partial charge in [0.25, 0.3) is 0 Å². The third-order valence-corrected chi connectivity index (χ3v) is 2.01. The van der Waals surface area contributed by atoms with Crippen LogP contribution in [0, 0.1) is 0 Å². The van der Waals surface area contributed by atoms with Gasteiger partial charge in [0, 0.05) is 12.8 Å². The molecule has 0 aliphatic heterocycles. The SMILES string of the molecule is O=C(O)Cc1onc2c1C(=O)CC2. The van der Waals surface area contributed by atoms with Crippen LogP contribution < -0.4 is 0 Å². The lowest BCUT2D eigenvalue weighted by Crippen LogP contribution is -2.03. The fourth-order valence-electron chi connectivity index (χ4n) is 1.46. The van der Waals surface area contributed by atoms with Crippen molar-refractivity contribution < 1.29 is 19.2 Å². The van der Waals surface area contributed by atoms with Crippen LogP contribution in [-0.2, 0) is 17.6 Å². The number of aryl methyl sites for hydroxylation is 1. The monoisotopic (exact) mass is 181 g/mol. The summed E-state index contributed by atoms with van der Waals surface area (Å²) in [7, 11) is 0. The molecule has 0 bridgehead atoms. The number of hydrogen-bond donors (Lipinski definition) is 1. The Labute approximate surface area is 73.3 Å². The minimum atomic E-state index is -1.02. The lowest BCUT2D eigenvalue weighted by atomic mass is 10.1. The minimum absolute atomic E-state index is 0.0625. The summed E-state index contributed by atoms with van der Waals surface area (Å²) >= 11 is 0. The number of hydrogen-bond acceptors (Lipinski definition) is 4. The number of fused-ring (bicyclic) bond motifs is 1. The van der Waals surface area contributed by atoms with Gasteiger partial charge in [0.05, 0.1) is 11.3 Å². The Morgan fingerprint density at radius 2 is 2.31 bits per heavy atom. The van der Waals surface area contributed by atoms with Crippen molar-refractivity contribution in [3.05, 3.63) is 17.0 Å². The molecule has 5 nitrogen and oxygen atoms in total. The smallest absolute Gasteiger partial charge is 0.311 e. The summed E-state index contributed by atoms with van der Waals surface area (Å²) in [5, 5.41) is 12.1. The number of carboxylic acids is 1. The highest BCUT2D eigenvalue weighted by Crippen LogP contribution is 2.24. The summed E-state index contributed by atoms with van der Waals surface area (Å²) in [5.74, 6) is -0.892. The van der Waals surface area contributed by atoms with Gasteiger partial charge in [0.15, 0.2) is 11.5 Å². The number of carboxylic acid groups (broad SMARTS) is 1. The first-order chi connectivity index (χ1) is 6.18. The molecule has 1 heterocycles. The van der Waals surface area contributed by atoms with Gasteiger partial charge in [0.2, 0.25) is 0 Å². The van der Waals surface area contributed by atoms with E-state index in [1.54, 1.807) is 0 Å². The first-order valence-electron chi connectivity index (χ1n) is 3.91. The fraction of sp³-hybridized carbons (Fsp3) is 0.375. The summed E-state index contributed by atoms with van der Waals surface area (Å²) < 4.78 is 4.77. The largest absolute Gasteiger partial charge is 0.481 e. The Balaban J connectivity index is 2.38. The number of carbonyl (C=O) groups excluding carboxylic acids is 1. The molecular formula is C8H7NO4. The molecule has 0 atom stereocenters. The topological polar surface area (TPSA) is 80.4 Å². The second-order valence-corrected chi connectivity index (χ2v) is 2.92. The van der Waals surface area contributed by atoms with Crippen LogP contribution in [0.5, 0.6) is 0 Å². The van der Waals surface area contributed by atoms with Gasteiger partial charge in [-0.3, -0.25) is 9.59 Å². The third kappa shape index (κ3) is 1.22. The van der Waals surface area contributed by atoms with Crippen molar-refractivity contribution in [3.8, 4) is 0 Å². The van der Waals surface area contributed by atoms with Gasteiger partial charge in [0.1, 0.15) is 6.42 Å². The van der Waals surface area contributed by atoms with E-state index >= 15 is 0 Å². The minimum Gasteiger partial charge on any atom is -0.481 e. The molecule has 5 heteroatoms. The van der Waals surface area contributed by atoms with Crippen molar-refractivity contribution in [2.24, 2.45) is 0 Å². The van der Waals surface area contributed by atoms with Crippen molar-refractivity contribution >= 4 is 11.8 Å². The van der Waals surface area contributed by atoms with E-state index in [9.17, 15) is 9.59 Å². The van der Waals surface area contributed by atoms with Gasteiger partial charge < -0.3 is 9.63 Å². The maximum absolute atomic E-state index is 11.2. The molecule has 0 saturated carbocycles. The van der Waals surface area contributed by atoms with E-state index in [0.29, 0.717) is 24.1 Å². The first kappa shape index (κ1) is 7.97. The van der Waals surface area contributed by atoms with Crippen LogP contribution in [0.4, 0.5) is 0 Å². The zero-order chi connectivity index (χ0) is 9.42. The summed E-state index contributed by atoms with van der Waals surface area (Å²) in [4.78, 5) is 21.6. The van der Waals surface area contributed by atoms with Crippen LogP contribution in [-0.4, -0.2) is 22.0 Å². The average molecular weight is 181 g/mol. The maximum atomic E-state index is 11.2. The highest BCUT2D eigenvalue weighted by Gasteiger charge is 2.29.